The Hall–Kier alpha value is -1.93. The first-order chi connectivity index (χ1) is 14.0. The van der Waals surface area contributed by atoms with Crippen molar-refractivity contribution in [2.24, 2.45) is 0 Å². The van der Waals surface area contributed by atoms with Crippen molar-refractivity contribution in [2.75, 3.05) is 32.8 Å². The highest BCUT2D eigenvalue weighted by atomic mass is 35.5. The molecule has 0 unspecified atom stereocenters. The van der Waals surface area contributed by atoms with E-state index in [2.05, 4.69) is 0 Å². The smallest absolute Gasteiger partial charge is 0.243 e. The fourth-order valence-corrected chi connectivity index (χ4v) is 5.71. The molecule has 1 fully saturated rings. The Morgan fingerprint density at radius 2 is 1.72 bits per heavy atom. The fraction of sp³-hybridized carbons (Fsp3) is 0.381. The lowest BCUT2D eigenvalue weighted by Gasteiger charge is -2.37. The monoisotopic (exact) mass is 434 g/mol. The molecule has 2 heterocycles. The van der Waals surface area contributed by atoms with E-state index < -0.39 is 16.1 Å². The van der Waals surface area contributed by atoms with Crippen LogP contribution in [0.3, 0.4) is 0 Å². The normalized spacial score (nSPS) is 20.3. The predicted molar refractivity (Wildman–Crippen MR) is 110 cm³/mol. The van der Waals surface area contributed by atoms with Gasteiger partial charge in [-0.2, -0.15) is 4.31 Å². The zero-order valence-electron chi connectivity index (χ0n) is 16.0. The van der Waals surface area contributed by atoms with Gasteiger partial charge in [0, 0.05) is 31.1 Å². The predicted octanol–water partition coefficient (Wildman–Crippen LogP) is 2.88. The van der Waals surface area contributed by atoms with Crippen LogP contribution in [0.2, 0.25) is 5.02 Å². The van der Waals surface area contributed by atoms with Crippen molar-refractivity contribution < 1.29 is 17.9 Å². The van der Waals surface area contributed by atoms with E-state index in [0.29, 0.717) is 44.3 Å². The molecular weight excluding hydrogens is 412 g/mol. The van der Waals surface area contributed by atoms with Gasteiger partial charge in [-0.05, 0) is 41.8 Å². The van der Waals surface area contributed by atoms with E-state index in [0.717, 1.165) is 11.1 Å². The number of hydrogen-bond acceptors (Lipinski definition) is 4. The lowest BCUT2D eigenvalue weighted by atomic mass is 9.92. The average molecular weight is 435 g/mol. The van der Waals surface area contributed by atoms with Crippen LogP contribution in [0, 0.1) is 0 Å². The zero-order chi connectivity index (χ0) is 20.4. The Bertz CT molecular complexity index is 988. The highest BCUT2D eigenvalue weighted by Gasteiger charge is 2.38. The molecule has 0 aromatic heterocycles. The second-order valence-corrected chi connectivity index (χ2v) is 9.56. The van der Waals surface area contributed by atoms with Gasteiger partial charge in [-0.3, -0.25) is 4.79 Å². The van der Waals surface area contributed by atoms with E-state index >= 15 is 0 Å². The number of ether oxygens (including phenoxy) is 1. The van der Waals surface area contributed by atoms with Gasteiger partial charge in [-0.25, -0.2) is 8.42 Å². The minimum Gasteiger partial charge on any atom is -0.378 e. The third-order valence-corrected chi connectivity index (χ3v) is 7.69. The maximum absolute atomic E-state index is 13.4. The van der Waals surface area contributed by atoms with Crippen molar-refractivity contribution >= 4 is 27.5 Å². The number of benzene rings is 2. The van der Waals surface area contributed by atoms with Crippen LogP contribution >= 0.6 is 11.6 Å². The average Bonchev–Trinajstić information content (AvgIpc) is 2.74. The molecule has 1 atom stereocenters. The van der Waals surface area contributed by atoms with Gasteiger partial charge in [0.25, 0.3) is 0 Å². The molecule has 29 heavy (non-hydrogen) atoms. The Kier molecular flexibility index (Phi) is 5.92. The summed E-state index contributed by atoms with van der Waals surface area (Å²) in [4.78, 5) is 14.9. The summed E-state index contributed by atoms with van der Waals surface area (Å²) in [6.45, 7) is 2.44. The SMILES string of the molecule is O=C(C[C@H]1c2ccccc2CCN1S(=O)(=O)c1ccc(Cl)cc1)N1CCOCC1. The summed E-state index contributed by atoms with van der Waals surface area (Å²) in [6, 6.07) is 13.4. The van der Waals surface area contributed by atoms with Gasteiger partial charge in [-0.1, -0.05) is 35.9 Å². The maximum Gasteiger partial charge on any atom is 0.243 e. The maximum atomic E-state index is 13.4. The number of nitrogens with zero attached hydrogens (tertiary/aromatic N) is 2. The molecule has 8 heteroatoms. The number of amides is 1. The summed E-state index contributed by atoms with van der Waals surface area (Å²) in [5.41, 5.74) is 1.99. The Morgan fingerprint density at radius 3 is 2.45 bits per heavy atom. The van der Waals surface area contributed by atoms with Crippen molar-refractivity contribution in [2.45, 2.75) is 23.8 Å². The van der Waals surface area contributed by atoms with Crippen LogP contribution in [-0.2, 0) is 26.0 Å². The summed E-state index contributed by atoms with van der Waals surface area (Å²) >= 11 is 5.93. The van der Waals surface area contributed by atoms with E-state index in [-0.39, 0.29) is 17.2 Å². The number of halogens is 1. The van der Waals surface area contributed by atoms with Crippen molar-refractivity contribution in [1.82, 2.24) is 9.21 Å². The van der Waals surface area contributed by atoms with Crippen LogP contribution in [0.5, 0.6) is 0 Å². The molecule has 4 rings (SSSR count). The van der Waals surface area contributed by atoms with Gasteiger partial charge in [-0.15, -0.1) is 0 Å². The minimum absolute atomic E-state index is 0.0497. The number of rotatable bonds is 4. The molecule has 0 radical (unpaired) electrons. The molecular formula is C21H23ClN2O4S. The highest BCUT2D eigenvalue weighted by Crippen LogP contribution is 2.37. The molecule has 1 amide bonds. The fourth-order valence-electron chi connectivity index (χ4n) is 3.98. The number of hydrogen-bond donors (Lipinski definition) is 0. The zero-order valence-corrected chi connectivity index (χ0v) is 17.5. The number of fused-ring (bicyclic) bond motifs is 1. The molecule has 2 aromatic rings. The van der Waals surface area contributed by atoms with E-state index in [9.17, 15) is 13.2 Å². The first-order valence-corrected chi connectivity index (χ1v) is 11.5. The first-order valence-electron chi connectivity index (χ1n) is 9.67. The second-order valence-electron chi connectivity index (χ2n) is 7.23. The Labute approximate surface area is 176 Å². The second kappa shape index (κ2) is 8.44. The Morgan fingerprint density at radius 1 is 1.03 bits per heavy atom. The van der Waals surface area contributed by atoms with Crippen molar-refractivity contribution in [3.63, 3.8) is 0 Å². The van der Waals surface area contributed by atoms with Crippen LogP contribution in [0.25, 0.3) is 0 Å². The van der Waals surface area contributed by atoms with Crippen LogP contribution in [-0.4, -0.2) is 56.4 Å². The van der Waals surface area contributed by atoms with Gasteiger partial charge in [0.15, 0.2) is 0 Å². The van der Waals surface area contributed by atoms with E-state index in [1.54, 1.807) is 17.0 Å². The van der Waals surface area contributed by atoms with Crippen LogP contribution < -0.4 is 0 Å². The van der Waals surface area contributed by atoms with E-state index in [1.807, 2.05) is 24.3 Å². The standard InChI is InChI=1S/C21H23ClN2O4S/c22-17-5-7-18(8-6-17)29(26,27)24-10-9-16-3-1-2-4-19(16)20(24)15-21(25)23-11-13-28-14-12-23/h1-8,20H,9-15H2/t20-/m0/s1. The van der Waals surface area contributed by atoms with Gasteiger partial charge in [0.2, 0.25) is 15.9 Å². The van der Waals surface area contributed by atoms with E-state index in [4.69, 9.17) is 16.3 Å². The molecule has 6 nitrogen and oxygen atoms in total. The summed E-state index contributed by atoms with van der Waals surface area (Å²) in [6.07, 6.45) is 0.731. The third-order valence-electron chi connectivity index (χ3n) is 5.52. The van der Waals surface area contributed by atoms with Crippen molar-refractivity contribution in [3.05, 3.63) is 64.7 Å². The molecule has 2 aliphatic rings. The molecule has 0 aliphatic carbocycles. The molecule has 0 bridgehead atoms. The van der Waals surface area contributed by atoms with Crippen LogP contribution in [0.4, 0.5) is 0 Å². The summed E-state index contributed by atoms with van der Waals surface area (Å²) in [5, 5.41) is 0.479. The molecule has 2 aliphatic heterocycles. The topological polar surface area (TPSA) is 66.9 Å². The van der Waals surface area contributed by atoms with E-state index in [1.165, 1.54) is 16.4 Å². The molecule has 0 saturated carbocycles. The lowest BCUT2D eigenvalue weighted by molar-refractivity contribution is -0.136. The molecule has 154 valence electrons. The number of morpholine rings is 1. The quantitative estimate of drug-likeness (QED) is 0.742. The molecule has 1 saturated heterocycles. The van der Waals surface area contributed by atoms with Crippen molar-refractivity contribution in [1.29, 1.82) is 0 Å². The molecule has 0 spiro atoms. The number of carbonyl (C=O) groups is 1. The van der Waals surface area contributed by atoms with Crippen molar-refractivity contribution in [3.8, 4) is 0 Å². The van der Waals surface area contributed by atoms with Crippen LogP contribution in [0.15, 0.2) is 53.4 Å². The third kappa shape index (κ3) is 4.19. The summed E-state index contributed by atoms with van der Waals surface area (Å²) in [7, 11) is -3.77. The molecule has 0 N–H and O–H groups in total. The number of carbonyl (C=O) groups excluding carboxylic acids is 1. The molecule has 2 aromatic carbocycles. The largest absolute Gasteiger partial charge is 0.378 e. The number of sulfonamides is 1. The Balaban J connectivity index is 1.68. The lowest BCUT2D eigenvalue weighted by Crippen LogP contribution is -2.45. The van der Waals surface area contributed by atoms with Gasteiger partial charge < -0.3 is 9.64 Å². The van der Waals surface area contributed by atoms with Gasteiger partial charge in [0.05, 0.1) is 24.2 Å². The van der Waals surface area contributed by atoms with Gasteiger partial charge >= 0.3 is 0 Å². The van der Waals surface area contributed by atoms with Gasteiger partial charge in [0.1, 0.15) is 0 Å². The summed E-state index contributed by atoms with van der Waals surface area (Å²) < 4.78 is 33.6. The van der Waals surface area contributed by atoms with Crippen LogP contribution in [0.1, 0.15) is 23.6 Å². The highest BCUT2D eigenvalue weighted by molar-refractivity contribution is 7.89. The minimum atomic E-state index is -3.77. The summed E-state index contributed by atoms with van der Waals surface area (Å²) in [5.74, 6) is -0.0497. The first kappa shape index (κ1) is 20.3.